The van der Waals surface area contributed by atoms with E-state index < -0.39 is 6.10 Å². The summed E-state index contributed by atoms with van der Waals surface area (Å²) in [7, 11) is 0. The van der Waals surface area contributed by atoms with E-state index in [-0.39, 0.29) is 5.92 Å². The van der Waals surface area contributed by atoms with Crippen LogP contribution in [0, 0.1) is 0 Å². The lowest BCUT2D eigenvalue weighted by Crippen LogP contribution is -2.17. The zero-order valence-corrected chi connectivity index (χ0v) is 9.91. The Kier molecular flexibility index (Phi) is 4.29. The molecule has 1 unspecified atom stereocenters. The second kappa shape index (κ2) is 5.28. The number of aliphatic hydroxyl groups excluding tert-OH is 1. The largest absolute Gasteiger partial charge is 0.392 e. The van der Waals surface area contributed by atoms with Crippen molar-refractivity contribution in [2.45, 2.75) is 32.8 Å². The van der Waals surface area contributed by atoms with Crippen LogP contribution in [0.5, 0.6) is 0 Å². The summed E-state index contributed by atoms with van der Waals surface area (Å²) in [6.07, 6.45) is 0.997. The minimum Gasteiger partial charge on any atom is -0.392 e. The molecule has 5 heteroatoms. The average molecular weight is 230 g/mol. The first-order valence-electron chi connectivity index (χ1n) is 4.94. The fraction of sp³-hybridized carbons (Fsp3) is 0.600. The van der Waals surface area contributed by atoms with Crippen LogP contribution in [-0.4, -0.2) is 27.7 Å². The van der Waals surface area contributed by atoms with E-state index in [9.17, 15) is 5.11 Å². The van der Waals surface area contributed by atoms with Gasteiger partial charge in [-0.25, -0.2) is 9.97 Å². The molecule has 1 rings (SSSR count). The fourth-order valence-corrected chi connectivity index (χ4v) is 1.62. The maximum absolute atomic E-state index is 9.17. The highest BCUT2D eigenvalue weighted by Crippen LogP contribution is 2.27. The zero-order valence-electron chi connectivity index (χ0n) is 9.16. The molecule has 1 aromatic rings. The second-order valence-electron chi connectivity index (χ2n) is 3.81. The van der Waals surface area contributed by atoms with Crippen LogP contribution in [0.1, 0.15) is 32.3 Å². The summed E-state index contributed by atoms with van der Waals surface area (Å²) in [4.78, 5) is 8.05. The SMILES string of the molecule is CC(O)CNc1ncnc(Cl)c1C(C)C. The van der Waals surface area contributed by atoms with E-state index in [0.717, 1.165) is 5.56 Å². The van der Waals surface area contributed by atoms with Crippen LogP contribution >= 0.6 is 11.6 Å². The van der Waals surface area contributed by atoms with Gasteiger partial charge in [0.15, 0.2) is 0 Å². The van der Waals surface area contributed by atoms with Crippen molar-refractivity contribution >= 4 is 17.4 Å². The van der Waals surface area contributed by atoms with Crippen molar-refractivity contribution in [1.82, 2.24) is 9.97 Å². The van der Waals surface area contributed by atoms with Gasteiger partial charge >= 0.3 is 0 Å². The molecule has 84 valence electrons. The number of anilines is 1. The minimum atomic E-state index is -0.418. The third kappa shape index (κ3) is 3.32. The maximum Gasteiger partial charge on any atom is 0.138 e. The number of halogens is 1. The highest BCUT2D eigenvalue weighted by molar-refractivity contribution is 6.30. The monoisotopic (exact) mass is 229 g/mol. The van der Waals surface area contributed by atoms with E-state index in [2.05, 4.69) is 15.3 Å². The summed E-state index contributed by atoms with van der Waals surface area (Å²) >= 11 is 5.99. The van der Waals surface area contributed by atoms with Crippen molar-refractivity contribution < 1.29 is 5.11 Å². The van der Waals surface area contributed by atoms with Crippen LogP contribution in [0.25, 0.3) is 0 Å². The number of nitrogens with one attached hydrogen (secondary N) is 1. The number of hydrogen-bond acceptors (Lipinski definition) is 4. The quantitative estimate of drug-likeness (QED) is 0.776. The third-order valence-electron chi connectivity index (χ3n) is 1.98. The smallest absolute Gasteiger partial charge is 0.138 e. The average Bonchev–Trinajstić information content (AvgIpc) is 2.13. The van der Waals surface area contributed by atoms with E-state index >= 15 is 0 Å². The Hall–Kier alpha value is -0.870. The van der Waals surface area contributed by atoms with Crippen molar-refractivity contribution in [2.75, 3.05) is 11.9 Å². The Morgan fingerprint density at radius 3 is 2.60 bits per heavy atom. The Morgan fingerprint density at radius 2 is 2.07 bits per heavy atom. The van der Waals surface area contributed by atoms with Gasteiger partial charge in [-0.3, -0.25) is 0 Å². The van der Waals surface area contributed by atoms with Crippen LogP contribution in [0.2, 0.25) is 5.15 Å². The molecule has 0 bridgehead atoms. The van der Waals surface area contributed by atoms with Gasteiger partial charge < -0.3 is 10.4 Å². The summed E-state index contributed by atoms with van der Waals surface area (Å²) in [6, 6.07) is 0. The molecule has 0 aliphatic carbocycles. The molecule has 0 aromatic carbocycles. The van der Waals surface area contributed by atoms with Gasteiger partial charge in [-0.05, 0) is 12.8 Å². The summed E-state index contributed by atoms with van der Waals surface area (Å²) in [5, 5.41) is 12.7. The summed E-state index contributed by atoms with van der Waals surface area (Å²) in [6.45, 7) is 6.22. The topological polar surface area (TPSA) is 58.0 Å². The number of nitrogens with zero attached hydrogens (tertiary/aromatic N) is 2. The molecule has 15 heavy (non-hydrogen) atoms. The first-order chi connectivity index (χ1) is 7.02. The molecule has 0 saturated carbocycles. The predicted molar refractivity (Wildman–Crippen MR) is 61.3 cm³/mol. The Morgan fingerprint density at radius 1 is 1.40 bits per heavy atom. The van der Waals surface area contributed by atoms with Gasteiger partial charge in [-0.15, -0.1) is 0 Å². The molecule has 1 aromatic heterocycles. The van der Waals surface area contributed by atoms with Gasteiger partial charge in [0.25, 0.3) is 0 Å². The Balaban J connectivity index is 2.91. The van der Waals surface area contributed by atoms with E-state index in [0.29, 0.717) is 17.5 Å². The molecule has 1 atom stereocenters. The van der Waals surface area contributed by atoms with E-state index in [1.165, 1.54) is 6.33 Å². The Bertz CT molecular complexity index is 328. The first kappa shape index (κ1) is 12.2. The van der Waals surface area contributed by atoms with Crippen LogP contribution in [0.3, 0.4) is 0 Å². The highest BCUT2D eigenvalue weighted by atomic mass is 35.5. The molecule has 0 spiro atoms. The molecule has 0 amide bonds. The van der Waals surface area contributed by atoms with Crippen molar-refractivity contribution in [1.29, 1.82) is 0 Å². The van der Waals surface area contributed by atoms with Crippen LogP contribution < -0.4 is 5.32 Å². The Labute approximate surface area is 94.7 Å². The van der Waals surface area contributed by atoms with Gasteiger partial charge in [-0.2, -0.15) is 0 Å². The lowest BCUT2D eigenvalue weighted by Gasteiger charge is -2.14. The maximum atomic E-state index is 9.17. The van der Waals surface area contributed by atoms with E-state index in [1.54, 1.807) is 6.92 Å². The standard InChI is InChI=1S/C10H16ClN3O/c1-6(2)8-9(11)13-5-14-10(8)12-4-7(3)15/h5-7,15H,4H2,1-3H3,(H,12,13,14). The van der Waals surface area contributed by atoms with Crippen LogP contribution in [0.15, 0.2) is 6.33 Å². The molecular weight excluding hydrogens is 214 g/mol. The van der Waals surface area contributed by atoms with Gasteiger partial charge in [0.05, 0.1) is 6.10 Å². The molecule has 2 N–H and O–H groups in total. The van der Waals surface area contributed by atoms with Crippen molar-refractivity contribution in [3.05, 3.63) is 17.0 Å². The molecule has 0 aliphatic heterocycles. The molecule has 0 aliphatic rings. The number of aromatic nitrogens is 2. The van der Waals surface area contributed by atoms with E-state index in [4.69, 9.17) is 11.6 Å². The zero-order chi connectivity index (χ0) is 11.4. The first-order valence-corrected chi connectivity index (χ1v) is 5.32. The van der Waals surface area contributed by atoms with Crippen LogP contribution in [0.4, 0.5) is 5.82 Å². The summed E-state index contributed by atoms with van der Waals surface area (Å²) in [5.74, 6) is 0.945. The summed E-state index contributed by atoms with van der Waals surface area (Å²) in [5.41, 5.74) is 0.889. The van der Waals surface area contributed by atoms with E-state index in [1.807, 2.05) is 13.8 Å². The fourth-order valence-electron chi connectivity index (χ4n) is 1.27. The van der Waals surface area contributed by atoms with Gasteiger partial charge in [-0.1, -0.05) is 25.4 Å². The molecule has 0 fully saturated rings. The minimum absolute atomic E-state index is 0.246. The van der Waals surface area contributed by atoms with Crippen molar-refractivity contribution in [3.63, 3.8) is 0 Å². The second-order valence-corrected chi connectivity index (χ2v) is 4.17. The van der Waals surface area contributed by atoms with Gasteiger partial charge in [0.1, 0.15) is 17.3 Å². The molecule has 4 nitrogen and oxygen atoms in total. The molecular formula is C10H16ClN3O. The molecule has 0 radical (unpaired) electrons. The van der Waals surface area contributed by atoms with Crippen LogP contribution in [-0.2, 0) is 0 Å². The molecule has 1 heterocycles. The number of aliphatic hydroxyl groups is 1. The lowest BCUT2D eigenvalue weighted by molar-refractivity contribution is 0.208. The van der Waals surface area contributed by atoms with Gasteiger partial charge in [0, 0.05) is 12.1 Å². The third-order valence-corrected chi connectivity index (χ3v) is 2.28. The highest BCUT2D eigenvalue weighted by Gasteiger charge is 2.13. The normalized spacial score (nSPS) is 12.9. The van der Waals surface area contributed by atoms with Gasteiger partial charge in [0.2, 0.25) is 0 Å². The lowest BCUT2D eigenvalue weighted by atomic mass is 10.1. The number of hydrogen-bond donors (Lipinski definition) is 2. The predicted octanol–water partition coefficient (Wildman–Crippen LogP) is 2.05. The molecule has 0 saturated heterocycles. The van der Waals surface area contributed by atoms with Crippen molar-refractivity contribution in [3.8, 4) is 0 Å². The number of rotatable bonds is 4. The van der Waals surface area contributed by atoms with Crippen molar-refractivity contribution in [2.24, 2.45) is 0 Å². The summed E-state index contributed by atoms with van der Waals surface area (Å²) < 4.78 is 0.